The highest BCUT2D eigenvalue weighted by atomic mass is 19.4. The van der Waals surface area contributed by atoms with Gasteiger partial charge in [0.25, 0.3) is 5.91 Å². The van der Waals surface area contributed by atoms with Gasteiger partial charge in [0.05, 0.1) is 17.7 Å². The van der Waals surface area contributed by atoms with Crippen LogP contribution in [0.15, 0.2) is 84.9 Å². The van der Waals surface area contributed by atoms with Gasteiger partial charge < -0.3 is 16.4 Å². The molecule has 1 heterocycles. The number of nitrogens with two attached hydrogens (primary N) is 1. The molecule has 0 unspecified atom stereocenters. The highest BCUT2D eigenvalue weighted by Crippen LogP contribution is 2.32. The van der Waals surface area contributed by atoms with Gasteiger partial charge in [-0.05, 0) is 72.6 Å². The second-order valence-electron chi connectivity index (χ2n) is 8.43. The quantitative estimate of drug-likeness (QED) is 0.296. The lowest BCUT2D eigenvalue weighted by molar-refractivity contribution is -0.137. The maximum atomic E-state index is 13.1. The minimum atomic E-state index is -4.44. The summed E-state index contributed by atoms with van der Waals surface area (Å²) in [4.78, 5) is 29.5. The number of halogens is 3. The number of hydrogen-bond donors (Lipinski definition) is 3. The van der Waals surface area contributed by atoms with Gasteiger partial charge in [-0.15, -0.1) is 0 Å². The first-order valence-corrected chi connectivity index (χ1v) is 11.3. The minimum absolute atomic E-state index is 0.0592. The lowest BCUT2D eigenvalue weighted by Crippen LogP contribution is -2.16. The number of anilines is 3. The Morgan fingerprint density at radius 1 is 0.865 bits per heavy atom. The Morgan fingerprint density at radius 3 is 2.14 bits per heavy atom. The van der Waals surface area contributed by atoms with Crippen molar-refractivity contribution in [2.45, 2.75) is 19.5 Å². The predicted molar refractivity (Wildman–Crippen MR) is 137 cm³/mol. The fraction of sp³-hybridized carbons (Fsp3) is 0.107. The summed E-state index contributed by atoms with van der Waals surface area (Å²) in [6.07, 6.45) is -4.38. The maximum Gasteiger partial charge on any atom is 0.416 e. The Balaban J connectivity index is 1.46. The van der Waals surface area contributed by atoms with Crippen LogP contribution < -0.4 is 16.4 Å². The van der Waals surface area contributed by atoms with Crippen LogP contribution in [0, 0.1) is 6.92 Å². The number of rotatable bonds is 6. The Bertz CT molecular complexity index is 1430. The summed E-state index contributed by atoms with van der Waals surface area (Å²) >= 11 is 0. The molecule has 6 nitrogen and oxygen atoms in total. The van der Waals surface area contributed by atoms with Crippen molar-refractivity contribution < 1.29 is 22.8 Å². The molecule has 4 rings (SSSR count). The number of carbonyl (C=O) groups excluding carboxylic acids is 2. The third-order valence-electron chi connectivity index (χ3n) is 5.54. The number of carbonyl (C=O) groups is 2. The summed E-state index contributed by atoms with van der Waals surface area (Å²) in [5, 5.41) is 5.56. The van der Waals surface area contributed by atoms with Crippen LogP contribution in [0.4, 0.5) is 30.4 Å². The molecule has 3 aromatic carbocycles. The van der Waals surface area contributed by atoms with Crippen molar-refractivity contribution >= 4 is 29.0 Å². The molecule has 2 amide bonds. The van der Waals surface area contributed by atoms with Gasteiger partial charge >= 0.3 is 6.18 Å². The van der Waals surface area contributed by atoms with Crippen LogP contribution >= 0.6 is 0 Å². The molecule has 4 N–H and O–H groups in total. The van der Waals surface area contributed by atoms with Crippen LogP contribution in [0.5, 0.6) is 0 Å². The molecule has 0 atom stereocenters. The summed E-state index contributed by atoms with van der Waals surface area (Å²) < 4.78 is 38.9. The SMILES string of the molecule is Cc1ccc(C(=O)Nc2ccc(NC(=O)Cc3cccc(N)n3)cc2)c(-c2ccc(C(F)(F)F)cc2)c1. The molecule has 1 aromatic heterocycles. The zero-order chi connectivity index (χ0) is 26.6. The Labute approximate surface area is 211 Å². The molecule has 0 aliphatic carbocycles. The lowest BCUT2D eigenvalue weighted by atomic mass is 9.96. The average Bonchev–Trinajstić information content (AvgIpc) is 2.84. The van der Waals surface area contributed by atoms with Gasteiger partial charge in [0.1, 0.15) is 5.82 Å². The van der Waals surface area contributed by atoms with E-state index < -0.39 is 17.6 Å². The smallest absolute Gasteiger partial charge is 0.384 e. The minimum Gasteiger partial charge on any atom is -0.384 e. The van der Waals surface area contributed by atoms with Gasteiger partial charge in [0.2, 0.25) is 5.91 Å². The first-order chi connectivity index (χ1) is 17.6. The van der Waals surface area contributed by atoms with Crippen molar-refractivity contribution in [3.8, 4) is 11.1 Å². The number of hydrogen-bond acceptors (Lipinski definition) is 4. The zero-order valence-electron chi connectivity index (χ0n) is 19.8. The van der Waals surface area contributed by atoms with E-state index in [4.69, 9.17) is 5.73 Å². The summed E-state index contributed by atoms with van der Waals surface area (Å²) in [6, 6.07) is 21.5. The first-order valence-electron chi connectivity index (χ1n) is 11.3. The highest BCUT2D eigenvalue weighted by molar-refractivity contribution is 6.09. The van der Waals surface area contributed by atoms with Crippen molar-refractivity contribution in [2.24, 2.45) is 0 Å². The van der Waals surface area contributed by atoms with Crippen molar-refractivity contribution in [2.75, 3.05) is 16.4 Å². The second kappa shape index (κ2) is 10.5. The van der Waals surface area contributed by atoms with E-state index in [-0.39, 0.29) is 12.3 Å². The largest absolute Gasteiger partial charge is 0.416 e. The van der Waals surface area contributed by atoms with Crippen molar-refractivity contribution in [1.29, 1.82) is 0 Å². The van der Waals surface area contributed by atoms with E-state index in [0.29, 0.717) is 39.6 Å². The van der Waals surface area contributed by atoms with Crippen LogP contribution in [0.25, 0.3) is 11.1 Å². The molecule has 0 saturated carbocycles. The van der Waals surface area contributed by atoms with Crippen LogP contribution in [-0.4, -0.2) is 16.8 Å². The number of nitrogen functional groups attached to an aromatic ring is 1. The number of benzene rings is 3. The van der Waals surface area contributed by atoms with E-state index in [0.717, 1.165) is 17.7 Å². The van der Waals surface area contributed by atoms with Crippen LogP contribution in [0.2, 0.25) is 0 Å². The molecule has 0 spiro atoms. The van der Waals surface area contributed by atoms with E-state index >= 15 is 0 Å². The molecule has 9 heteroatoms. The topological polar surface area (TPSA) is 97.1 Å². The number of aromatic nitrogens is 1. The first kappa shape index (κ1) is 25.4. The molecule has 37 heavy (non-hydrogen) atoms. The van der Waals surface area contributed by atoms with E-state index in [1.807, 2.05) is 6.92 Å². The Kier molecular flexibility index (Phi) is 7.24. The third kappa shape index (κ3) is 6.52. The maximum absolute atomic E-state index is 13.1. The molecule has 0 aliphatic rings. The number of pyridine rings is 1. The van der Waals surface area contributed by atoms with Gasteiger partial charge in [-0.3, -0.25) is 9.59 Å². The molecule has 0 aliphatic heterocycles. The zero-order valence-corrected chi connectivity index (χ0v) is 19.8. The molecule has 0 bridgehead atoms. The predicted octanol–water partition coefficient (Wildman–Crippen LogP) is 6.09. The Hall–Kier alpha value is -4.66. The van der Waals surface area contributed by atoms with Crippen LogP contribution in [-0.2, 0) is 17.4 Å². The number of alkyl halides is 3. The summed E-state index contributed by atoms with van der Waals surface area (Å²) in [7, 11) is 0. The van der Waals surface area contributed by atoms with Crippen molar-refractivity contribution in [3.63, 3.8) is 0 Å². The number of aryl methyl sites for hydroxylation is 1. The molecule has 0 saturated heterocycles. The van der Waals surface area contributed by atoms with E-state index in [1.54, 1.807) is 60.7 Å². The molecule has 0 radical (unpaired) electrons. The second-order valence-corrected chi connectivity index (χ2v) is 8.43. The van der Waals surface area contributed by atoms with Gasteiger partial charge in [-0.2, -0.15) is 13.2 Å². The van der Waals surface area contributed by atoms with Crippen molar-refractivity contribution in [1.82, 2.24) is 4.98 Å². The molecular formula is C28H23F3N4O2. The molecule has 4 aromatic rings. The van der Waals surface area contributed by atoms with E-state index in [9.17, 15) is 22.8 Å². The average molecular weight is 505 g/mol. The molecule has 188 valence electrons. The van der Waals surface area contributed by atoms with Crippen LogP contribution in [0.1, 0.15) is 27.2 Å². The molecular weight excluding hydrogens is 481 g/mol. The lowest BCUT2D eigenvalue weighted by Gasteiger charge is -2.13. The fourth-order valence-electron chi connectivity index (χ4n) is 3.74. The summed E-state index contributed by atoms with van der Waals surface area (Å²) in [6.45, 7) is 1.84. The third-order valence-corrected chi connectivity index (χ3v) is 5.54. The number of nitrogens with zero attached hydrogens (tertiary/aromatic N) is 1. The van der Waals surface area contributed by atoms with Crippen LogP contribution in [0.3, 0.4) is 0 Å². The molecule has 0 fully saturated rings. The van der Waals surface area contributed by atoms with E-state index in [1.165, 1.54) is 12.1 Å². The summed E-state index contributed by atoms with van der Waals surface area (Å²) in [5.74, 6) is -0.351. The van der Waals surface area contributed by atoms with Gasteiger partial charge in [0, 0.05) is 16.9 Å². The summed E-state index contributed by atoms with van der Waals surface area (Å²) in [5.41, 5.74) is 8.64. The highest BCUT2D eigenvalue weighted by Gasteiger charge is 2.30. The normalized spacial score (nSPS) is 11.1. The van der Waals surface area contributed by atoms with E-state index in [2.05, 4.69) is 15.6 Å². The van der Waals surface area contributed by atoms with Gasteiger partial charge in [-0.1, -0.05) is 35.9 Å². The van der Waals surface area contributed by atoms with Crippen molar-refractivity contribution in [3.05, 3.63) is 107 Å². The standard InChI is InChI=1S/C28H23F3N4O2/c1-17-5-14-23(24(15-17)18-6-8-19(9-7-18)28(29,30)31)27(37)35-21-12-10-20(11-13-21)34-26(36)16-22-3-2-4-25(32)33-22/h2-15H,16H2,1H3,(H2,32,33)(H,34,36)(H,35,37). The number of nitrogens with one attached hydrogen (secondary N) is 2. The Morgan fingerprint density at radius 2 is 1.51 bits per heavy atom. The monoisotopic (exact) mass is 504 g/mol. The van der Waals surface area contributed by atoms with Gasteiger partial charge in [-0.25, -0.2) is 4.98 Å². The number of amides is 2. The van der Waals surface area contributed by atoms with Gasteiger partial charge in [0.15, 0.2) is 0 Å². The fourth-order valence-corrected chi connectivity index (χ4v) is 3.74.